The molecule has 1 aromatic heterocycles. The number of rotatable bonds is 7. The molecule has 0 amide bonds. The molecule has 0 saturated carbocycles. The maximum Gasteiger partial charge on any atom is 0.269 e. The van der Waals surface area contributed by atoms with E-state index in [1.165, 1.54) is 23.9 Å². The third-order valence-electron chi connectivity index (χ3n) is 3.98. The lowest BCUT2D eigenvalue weighted by molar-refractivity contribution is -0.384. The summed E-state index contributed by atoms with van der Waals surface area (Å²) < 4.78 is 16.0. The van der Waals surface area contributed by atoms with Crippen molar-refractivity contribution >= 4 is 17.4 Å². The Labute approximate surface area is 159 Å². The monoisotopic (exact) mass is 384 g/mol. The summed E-state index contributed by atoms with van der Waals surface area (Å²) in [6.07, 6.45) is 1.69. The van der Waals surface area contributed by atoms with E-state index in [-0.39, 0.29) is 16.8 Å². The van der Waals surface area contributed by atoms with Gasteiger partial charge in [0.25, 0.3) is 5.69 Å². The van der Waals surface area contributed by atoms with E-state index in [9.17, 15) is 14.5 Å². The van der Waals surface area contributed by atoms with Crippen LogP contribution in [0.1, 0.15) is 17.7 Å². The highest BCUT2D eigenvalue weighted by atomic mass is 32.2. The fourth-order valence-corrected chi connectivity index (χ4v) is 3.60. The van der Waals surface area contributed by atoms with Gasteiger partial charge in [-0.3, -0.25) is 14.7 Å². The molecule has 0 aliphatic rings. The highest BCUT2D eigenvalue weighted by Gasteiger charge is 2.19. The number of non-ortho nitro benzene ring substituents is 1. The molecule has 1 unspecified atom stereocenters. The van der Waals surface area contributed by atoms with E-state index in [1.54, 1.807) is 41.0 Å². The third kappa shape index (κ3) is 4.06. The first kappa shape index (κ1) is 18.8. The van der Waals surface area contributed by atoms with Crippen molar-refractivity contribution in [2.75, 3.05) is 0 Å². The predicted octanol–water partition coefficient (Wildman–Crippen LogP) is 5.03. The normalized spacial score (nSPS) is 11.9. The van der Waals surface area contributed by atoms with Crippen LogP contribution in [0.2, 0.25) is 0 Å². The first-order valence-electron chi connectivity index (χ1n) is 8.21. The number of halogens is 1. The molecule has 0 aliphatic heterocycles. The smallest absolute Gasteiger partial charge is 0.269 e. The van der Waals surface area contributed by atoms with E-state index in [2.05, 4.69) is 16.8 Å². The SMILES string of the molecule is C=CCn1c(SC(C)c2cccc([N+](=O)[O-])c2)nnc1-c1ccccc1F. The standard InChI is InChI=1S/C19H17FN4O2S/c1-3-11-23-18(16-9-4-5-10-17(16)20)21-22-19(23)27-13(2)14-7-6-8-15(12-14)24(25)26/h3-10,12-13H,1,11H2,2H3. The molecule has 0 radical (unpaired) electrons. The van der Waals surface area contributed by atoms with E-state index in [1.807, 2.05) is 13.0 Å². The Morgan fingerprint density at radius 1 is 1.30 bits per heavy atom. The Hall–Kier alpha value is -3.00. The van der Waals surface area contributed by atoms with Gasteiger partial charge in [-0.1, -0.05) is 42.1 Å². The molecule has 3 aromatic rings. The molecular formula is C19H17FN4O2S. The first-order chi connectivity index (χ1) is 13.0. The van der Waals surface area contributed by atoms with Crippen LogP contribution in [0.5, 0.6) is 0 Å². The van der Waals surface area contributed by atoms with Crippen molar-refractivity contribution in [3.63, 3.8) is 0 Å². The molecular weight excluding hydrogens is 367 g/mol. The van der Waals surface area contributed by atoms with Crippen LogP contribution in [0.25, 0.3) is 11.4 Å². The van der Waals surface area contributed by atoms with Crippen LogP contribution in [0.4, 0.5) is 10.1 Å². The fourth-order valence-electron chi connectivity index (χ4n) is 2.63. The summed E-state index contributed by atoms with van der Waals surface area (Å²) in [5, 5.41) is 19.8. The first-order valence-corrected chi connectivity index (χ1v) is 9.09. The fraction of sp³-hybridized carbons (Fsp3) is 0.158. The zero-order chi connectivity index (χ0) is 19.4. The van der Waals surface area contributed by atoms with E-state index < -0.39 is 4.92 Å². The van der Waals surface area contributed by atoms with Gasteiger partial charge in [0.15, 0.2) is 11.0 Å². The van der Waals surface area contributed by atoms with E-state index in [0.717, 1.165) is 5.56 Å². The lowest BCUT2D eigenvalue weighted by Crippen LogP contribution is -2.02. The maximum absolute atomic E-state index is 14.2. The van der Waals surface area contributed by atoms with Crippen LogP contribution >= 0.6 is 11.8 Å². The number of hydrogen-bond donors (Lipinski definition) is 0. The van der Waals surface area contributed by atoms with Crippen LogP contribution < -0.4 is 0 Å². The summed E-state index contributed by atoms with van der Waals surface area (Å²) in [6, 6.07) is 12.9. The van der Waals surface area contributed by atoms with E-state index in [0.29, 0.717) is 23.1 Å². The molecule has 8 heteroatoms. The highest BCUT2D eigenvalue weighted by Crippen LogP contribution is 2.36. The van der Waals surface area contributed by atoms with Crippen molar-refractivity contribution in [2.24, 2.45) is 0 Å². The van der Waals surface area contributed by atoms with Gasteiger partial charge in [-0.15, -0.1) is 16.8 Å². The number of aromatic nitrogens is 3. The number of allylic oxidation sites excluding steroid dienone is 1. The number of nitro benzene ring substituents is 1. The van der Waals surface area contributed by atoms with Crippen LogP contribution in [-0.2, 0) is 6.54 Å². The average Bonchev–Trinajstić information content (AvgIpc) is 3.05. The molecule has 0 spiro atoms. The van der Waals surface area contributed by atoms with Gasteiger partial charge in [-0.2, -0.15) is 0 Å². The van der Waals surface area contributed by atoms with Crippen molar-refractivity contribution in [3.05, 3.63) is 82.7 Å². The summed E-state index contributed by atoms with van der Waals surface area (Å²) in [4.78, 5) is 10.6. The lowest BCUT2D eigenvalue weighted by Gasteiger charge is -2.13. The molecule has 0 bridgehead atoms. The Bertz CT molecular complexity index is 989. The van der Waals surface area contributed by atoms with Gasteiger partial charge < -0.3 is 0 Å². The molecule has 0 N–H and O–H groups in total. The highest BCUT2D eigenvalue weighted by molar-refractivity contribution is 7.99. The Kier molecular flexibility index (Phi) is 5.66. The van der Waals surface area contributed by atoms with Crippen molar-refractivity contribution in [3.8, 4) is 11.4 Å². The number of hydrogen-bond acceptors (Lipinski definition) is 5. The Morgan fingerprint density at radius 2 is 2.07 bits per heavy atom. The van der Waals surface area contributed by atoms with Gasteiger partial charge >= 0.3 is 0 Å². The van der Waals surface area contributed by atoms with E-state index >= 15 is 0 Å². The minimum Gasteiger partial charge on any atom is -0.298 e. The maximum atomic E-state index is 14.2. The van der Waals surface area contributed by atoms with Crippen molar-refractivity contribution in [1.29, 1.82) is 0 Å². The topological polar surface area (TPSA) is 73.8 Å². The van der Waals surface area contributed by atoms with Gasteiger partial charge in [-0.25, -0.2) is 4.39 Å². The summed E-state index contributed by atoms with van der Waals surface area (Å²) in [6.45, 7) is 6.10. The zero-order valence-corrected chi connectivity index (χ0v) is 15.4. The van der Waals surface area contributed by atoms with Crippen molar-refractivity contribution in [1.82, 2.24) is 14.8 Å². The molecule has 0 saturated heterocycles. The average molecular weight is 384 g/mol. The number of nitrogens with zero attached hydrogens (tertiary/aromatic N) is 4. The quantitative estimate of drug-likeness (QED) is 0.247. The summed E-state index contributed by atoms with van der Waals surface area (Å²) in [5.41, 5.74) is 1.20. The third-order valence-corrected chi connectivity index (χ3v) is 5.11. The molecule has 0 fully saturated rings. The second-order valence-electron chi connectivity index (χ2n) is 5.80. The molecule has 2 aromatic carbocycles. The molecule has 1 atom stereocenters. The number of nitro groups is 1. The van der Waals surface area contributed by atoms with Crippen LogP contribution in [0.15, 0.2) is 66.3 Å². The molecule has 6 nitrogen and oxygen atoms in total. The minimum atomic E-state index is -0.419. The molecule has 3 rings (SSSR count). The Morgan fingerprint density at radius 3 is 2.78 bits per heavy atom. The lowest BCUT2D eigenvalue weighted by atomic mass is 10.1. The van der Waals surface area contributed by atoms with Crippen LogP contribution in [-0.4, -0.2) is 19.7 Å². The summed E-state index contributed by atoms with van der Waals surface area (Å²) >= 11 is 1.40. The predicted molar refractivity (Wildman–Crippen MR) is 103 cm³/mol. The van der Waals surface area contributed by atoms with Crippen LogP contribution in [0.3, 0.4) is 0 Å². The second-order valence-corrected chi connectivity index (χ2v) is 7.11. The van der Waals surface area contributed by atoms with Gasteiger partial charge in [0.2, 0.25) is 0 Å². The van der Waals surface area contributed by atoms with Crippen LogP contribution in [0, 0.1) is 15.9 Å². The minimum absolute atomic E-state index is 0.0413. The van der Waals surface area contributed by atoms with Crippen molar-refractivity contribution in [2.45, 2.75) is 23.9 Å². The zero-order valence-electron chi connectivity index (χ0n) is 14.6. The molecule has 27 heavy (non-hydrogen) atoms. The summed E-state index contributed by atoms with van der Waals surface area (Å²) in [5.74, 6) is 0.0419. The Balaban J connectivity index is 1.93. The largest absolute Gasteiger partial charge is 0.298 e. The van der Waals surface area contributed by atoms with Gasteiger partial charge in [-0.05, 0) is 24.6 Å². The van der Waals surface area contributed by atoms with Gasteiger partial charge in [0.05, 0.1) is 10.5 Å². The van der Waals surface area contributed by atoms with Crippen molar-refractivity contribution < 1.29 is 9.31 Å². The molecule has 1 heterocycles. The van der Waals surface area contributed by atoms with Gasteiger partial charge in [0.1, 0.15) is 5.82 Å². The van der Waals surface area contributed by atoms with Gasteiger partial charge in [0, 0.05) is 23.9 Å². The number of benzene rings is 2. The number of thioether (sulfide) groups is 1. The molecule has 0 aliphatic carbocycles. The molecule has 138 valence electrons. The summed E-state index contributed by atoms with van der Waals surface area (Å²) in [7, 11) is 0. The second kappa shape index (κ2) is 8.13. The van der Waals surface area contributed by atoms with E-state index in [4.69, 9.17) is 0 Å².